The molecule has 0 fully saturated rings. The molecule has 2 heterocycles. The molecule has 0 saturated heterocycles. The number of carbonyl (C=O) groups is 1. The summed E-state index contributed by atoms with van der Waals surface area (Å²) in [5, 5.41) is 4.85. The van der Waals surface area contributed by atoms with E-state index in [-0.39, 0.29) is 5.91 Å². The van der Waals surface area contributed by atoms with Gasteiger partial charge < -0.3 is 18.9 Å². The molecule has 1 aliphatic heterocycles. The number of hydrogen-bond donors (Lipinski definition) is 0. The monoisotopic (exact) mass is 424 g/mol. The van der Waals surface area contributed by atoms with Crippen LogP contribution in [0.5, 0.6) is 11.5 Å². The number of carbonyl (C=O) groups excluding carboxylic acids is 1. The fraction of sp³-hybridized carbons (Fsp3) is 0.217. The number of methoxy groups -OCH3 is 2. The first-order chi connectivity index (χ1) is 14.6. The molecule has 1 aliphatic rings. The summed E-state index contributed by atoms with van der Waals surface area (Å²) in [7, 11) is 3.19. The van der Waals surface area contributed by atoms with Crippen molar-refractivity contribution in [3.8, 4) is 22.8 Å². The Hall–Kier alpha value is -3.25. The van der Waals surface area contributed by atoms with Crippen molar-refractivity contribution in [2.24, 2.45) is 0 Å². The molecule has 7 heteroatoms. The van der Waals surface area contributed by atoms with Crippen molar-refractivity contribution in [2.75, 3.05) is 20.8 Å². The fourth-order valence-corrected chi connectivity index (χ4v) is 3.58. The van der Waals surface area contributed by atoms with E-state index in [1.165, 1.54) is 0 Å². The minimum absolute atomic E-state index is 0.0817. The lowest BCUT2D eigenvalue weighted by Gasteiger charge is -2.25. The molecule has 0 unspecified atom stereocenters. The first-order valence-electron chi connectivity index (χ1n) is 9.51. The first kappa shape index (κ1) is 20.0. The van der Waals surface area contributed by atoms with Crippen molar-refractivity contribution in [3.05, 3.63) is 70.4 Å². The van der Waals surface area contributed by atoms with E-state index >= 15 is 0 Å². The fourth-order valence-electron chi connectivity index (χ4n) is 3.45. The average molecular weight is 425 g/mol. The highest BCUT2D eigenvalue weighted by Crippen LogP contribution is 2.31. The van der Waals surface area contributed by atoms with E-state index in [1.807, 2.05) is 36.4 Å². The van der Waals surface area contributed by atoms with Crippen molar-refractivity contribution in [2.45, 2.75) is 13.0 Å². The van der Waals surface area contributed by atoms with E-state index in [9.17, 15) is 4.79 Å². The van der Waals surface area contributed by atoms with E-state index in [2.05, 4.69) is 5.16 Å². The standard InChI is InChI=1S/C23H21ClN2O4/c1-28-18-9-5-15(21(13-18)29-2)6-10-22(27)26-12-11-20-19(14-26)23(30-25-20)16-3-7-17(24)8-4-16/h3-10,13H,11-12,14H2,1-2H3/b10-6+. The summed E-state index contributed by atoms with van der Waals surface area (Å²) >= 11 is 5.98. The zero-order chi connectivity index (χ0) is 21.1. The number of aromatic nitrogens is 1. The van der Waals surface area contributed by atoms with Crippen molar-refractivity contribution in [1.29, 1.82) is 0 Å². The van der Waals surface area contributed by atoms with Crippen LogP contribution in [0.4, 0.5) is 0 Å². The van der Waals surface area contributed by atoms with Crippen LogP contribution in [0.2, 0.25) is 5.02 Å². The van der Waals surface area contributed by atoms with Crippen molar-refractivity contribution in [1.82, 2.24) is 10.1 Å². The molecule has 0 bridgehead atoms. The van der Waals surface area contributed by atoms with Crippen molar-refractivity contribution in [3.63, 3.8) is 0 Å². The molecule has 1 amide bonds. The molecule has 154 valence electrons. The van der Waals surface area contributed by atoms with Gasteiger partial charge >= 0.3 is 0 Å². The van der Waals surface area contributed by atoms with Gasteiger partial charge in [-0.25, -0.2) is 0 Å². The van der Waals surface area contributed by atoms with Gasteiger partial charge in [-0.05, 0) is 42.5 Å². The van der Waals surface area contributed by atoms with Gasteiger partial charge in [0.05, 0.1) is 26.5 Å². The number of benzene rings is 2. The average Bonchev–Trinajstić information content (AvgIpc) is 3.21. The molecule has 0 atom stereocenters. The highest BCUT2D eigenvalue weighted by Gasteiger charge is 2.26. The number of hydrogen-bond acceptors (Lipinski definition) is 5. The van der Waals surface area contributed by atoms with Gasteiger partial charge in [0, 0.05) is 46.8 Å². The molecule has 30 heavy (non-hydrogen) atoms. The van der Waals surface area contributed by atoms with Crippen LogP contribution < -0.4 is 9.47 Å². The Kier molecular flexibility index (Phi) is 5.77. The second kappa shape index (κ2) is 8.63. The van der Waals surface area contributed by atoms with Crippen molar-refractivity contribution >= 4 is 23.6 Å². The molecule has 3 aromatic rings. The third kappa shape index (κ3) is 4.04. The predicted molar refractivity (Wildman–Crippen MR) is 115 cm³/mol. The molecule has 6 nitrogen and oxygen atoms in total. The summed E-state index contributed by atoms with van der Waals surface area (Å²) in [5.41, 5.74) is 3.52. The Balaban J connectivity index is 1.52. The third-order valence-corrected chi connectivity index (χ3v) is 5.35. The lowest BCUT2D eigenvalue weighted by Crippen LogP contribution is -2.34. The highest BCUT2D eigenvalue weighted by molar-refractivity contribution is 6.30. The van der Waals surface area contributed by atoms with Crippen LogP contribution in [0.1, 0.15) is 16.8 Å². The Morgan fingerprint density at radius 3 is 2.70 bits per heavy atom. The van der Waals surface area contributed by atoms with E-state index < -0.39 is 0 Å². The van der Waals surface area contributed by atoms with Gasteiger partial charge in [0.2, 0.25) is 5.91 Å². The second-order valence-corrected chi connectivity index (χ2v) is 7.33. The zero-order valence-electron chi connectivity index (χ0n) is 16.7. The maximum Gasteiger partial charge on any atom is 0.246 e. The smallest absolute Gasteiger partial charge is 0.246 e. The van der Waals surface area contributed by atoms with Crippen LogP contribution in [-0.2, 0) is 17.8 Å². The Morgan fingerprint density at radius 2 is 1.97 bits per heavy atom. The Morgan fingerprint density at radius 1 is 1.17 bits per heavy atom. The van der Waals surface area contributed by atoms with Crippen LogP contribution in [0.25, 0.3) is 17.4 Å². The lowest BCUT2D eigenvalue weighted by atomic mass is 10.0. The molecule has 0 aliphatic carbocycles. The van der Waals surface area contributed by atoms with Gasteiger partial charge in [0.25, 0.3) is 0 Å². The molecule has 2 aromatic carbocycles. The number of amides is 1. The first-order valence-corrected chi connectivity index (χ1v) is 9.89. The lowest BCUT2D eigenvalue weighted by molar-refractivity contribution is -0.126. The van der Waals surface area contributed by atoms with Gasteiger partial charge in [-0.3, -0.25) is 4.79 Å². The summed E-state index contributed by atoms with van der Waals surface area (Å²) < 4.78 is 16.2. The van der Waals surface area contributed by atoms with E-state index in [4.69, 9.17) is 25.6 Å². The Bertz CT molecular complexity index is 1090. The van der Waals surface area contributed by atoms with Crippen LogP contribution >= 0.6 is 11.6 Å². The number of ether oxygens (including phenoxy) is 2. The molecule has 0 N–H and O–H groups in total. The molecular formula is C23H21ClN2O4. The van der Waals surface area contributed by atoms with Gasteiger partial charge in [-0.15, -0.1) is 0 Å². The SMILES string of the molecule is COc1ccc(/C=C/C(=O)N2CCc3noc(-c4ccc(Cl)cc4)c3C2)c(OC)c1. The maximum absolute atomic E-state index is 12.8. The summed E-state index contributed by atoms with van der Waals surface area (Å²) in [5.74, 6) is 1.94. The summed E-state index contributed by atoms with van der Waals surface area (Å²) in [6.45, 7) is 1.03. The second-order valence-electron chi connectivity index (χ2n) is 6.89. The third-order valence-electron chi connectivity index (χ3n) is 5.10. The van der Waals surface area contributed by atoms with Gasteiger partial charge in [0.1, 0.15) is 11.5 Å². The normalized spacial score (nSPS) is 13.4. The van der Waals surface area contributed by atoms with Gasteiger partial charge in [-0.2, -0.15) is 0 Å². The summed E-state index contributed by atoms with van der Waals surface area (Å²) in [6, 6.07) is 12.9. The van der Waals surface area contributed by atoms with E-state index in [0.29, 0.717) is 41.8 Å². The molecule has 0 spiro atoms. The quantitative estimate of drug-likeness (QED) is 0.559. The predicted octanol–water partition coefficient (Wildman–Crippen LogP) is 4.61. The van der Waals surface area contributed by atoms with Crippen LogP contribution in [-0.4, -0.2) is 36.7 Å². The molecule has 4 rings (SSSR count). The molecule has 0 saturated carbocycles. The summed E-state index contributed by atoms with van der Waals surface area (Å²) in [4.78, 5) is 14.6. The van der Waals surface area contributed by atoms with Crippen molar-refractivity contribution < 1.29 is 18.8 Å². The van der Waals surface area contributed by atoms with Crippen LogP contribution in [0.3, 0.4) is 0 Å². The number of halogens is 1. The maximum atomic E-state index is 12.8. The largest absolute Gasteiger partial charge is 0.497 e. The highest BCUT2D eigenvalue weighted by atomic mass is 35.5. The molecule has 0 radical (unpaired) electrons. The topological polar surface area (TPSA) is 64.8 Å². The van der Waals surface area contributed by atoms with Crippen LogP contribution in [0, 0.1) is 0 Å². The molecular weight excluding hydrogens is 404 g/mol. The van der Waals surface area contributed by atoms with Crippen LogP contribution in [0.15, 0.2) is 53.1 Å². The number of fused-ring (bicyclic) bond motifs is 1. The van der Waals surface area contributed by atoms with E-state index in [1.54, 1.807) is 37.3 Å². The zero-order valence-corrected chi connectivity index (χ0v) is 17.5. The molecule has 1 aromatic heterocycles. The Labute approximate surface area is 179 Å². The van der Waals surface area contributed by atoms with E-state index in [0.717, 1.165) is 22.4 Å². The number of rotatable bonds is 5. The minimum Gasteiger partial charge on any atom is -0.497 e. The van der Waals surface area contributed by atoms with Gasteiger partial charge in [-0.1, -0.05) is 16.8 Å². The van der Waals surface area contributed by atoms with Gasteiger partial charge in [0.15, 0.2) is 5.76 Å². The number of nitrogens with zero attached hydrogens (tertiary/aromatic N) is 2. The summed E-state index contributed by atoms with van der Waals surface area (Å²) in [6.07, 6.45) is 3.96. The minimum atomic E-state index is -0.0817.